The Kier molecular flexibility index (Phi) is 8.63. The van der Waals surface area contributed by atoms with Crippen LogP contribution < -0.4 is 5.32 Å². The predicted molar refractivity (Wildman–Crippen MR) is 55.4 cm³/mol. The second-order valence-electron chi connectivity index (χ2n) is 3.13. The van der Waals surface area contributed by atoms with E-state index in [1.165, 1.54) is 0 Å². The Balaban J connectivity index is 0. The average Bonchev–Trinajstić information content (AvgIpc) is 2.33. The van der Waals surface area contributed by atoms with Crippen LogP contribution in [0, 0.1) is 5.92 Å². The molecule has 0 aliphatic carbocycles. The molecular formula is C7H18Cl2N2O. The Hall–Kier alpha value is 0.460. The first-order valence-corrected chi connectivity index (χ1v) is 3.73. The largest absolute Gasteiger partial charge is 0.396 e. The third kappa shape index (κ3) is 3.46. The molecule has 1 heterocycles. The Morgan fingerprint density at radius 2 is 1.92 bits per heavy atom. The maximum Gasteiger partial charge on any atom is 0.0486 e. The molecule has 0 bridgehead atoms. The minimum atomic E-state index is 0. The molecule has 0 aromatic heterocycles. The van der Waals surface area contributed by atoms with Crippen molar-refractivity contribution < 1.29 is 5.11 Å². The van der Waals surface area contributed by atoms with Crippen molar-refractivity contribution in [2.75, 3.05) is 33.8 Å². The van der Waals surface area contributed by atoms with Gasteiger partial charge in [-0.15, -0.1) is 24.8 Å². The first-order valence-electron chi connectivity index (χ1n) is 3.73. The number of hydrogen-bond acceptors (Lipinski definition) is 3. The molecule has 2 N–H and O–H groups in total. The lowest BCUT2D eigenvalue weighted by Gasteiger charge is -2.23. The lowest BCUT2D eigenvalue weighted by atomic mass is 10.0. The molecule has 1 aliphatic rings. The lowest BCUT2D eigenvalue weighted by Crippen LogP contribution is -2.36. The highest BCUT2D eigenvalue weighted by Gasteiger charge is 2.27. The van der Waals surface area contributed by atoms with Gasteiger partial charge in [0.1, 0.15) is 0 Å². The van der Waals surface area contributed by atoms with Crippen LogP contribution in [-0.2, 0) is 0 Å². The number of nitrogens with one attached hydrogen (secondary N) is 1. The SMILES string of the molecule is CN(C)[C@@H]1CNC[C@H]1CO.Cl.Cl. The summed E-state index contributed by atoms with van der Waals surface area (Å²) in [4.78, 5) is 2.17. The van der Waals surface area contributed by atoms with E-state index in [1.54, 1.807) is 0 Å². The summed E-state index contributed by atoms with van der Waals surface area (Å²) >= 11 is 0. The fraction of sp³-hybridized carbons (Fsp3) is 1.00. The van der Waals surface area contributed by atoms with Crippen LogP contribution >= 0.6 is 24.8 Å². The standard InChI is InChI=1S/C7H16N2O.2ClH/c1-9(2)7-4-8-3-6(7)5-10;;/h6-8,10H,3-5H2,1-2H3;2*1H/t6-,7+;;/m0../s1. The Bertz CT molecular complexity index is 114. The number of aliphatic hydroxyl groups excluding tert-OH is 1. The normalized spacial score (nSPS) is 28.0. The third-order valence-corrected chi connectivity index (χ3v) is 2.20. The summed E-state index contributed by atoms with van der Waals surface area (Å²) in [6, 6.07) is 0.519. The zero-order valence-electron chi connectivity index (χ0n) is 7.49. The van der Waals surface area contributed by atoms with Gasteiger partial charge in [0.25, 0.3) is 0 Å². The molecule has 1 aliphatic heterocycles. The summed E-state index contributed by atoms with van der Waals surface area (Å²) in [7, 11) is 4.11. The lowest BCUT2D eigenvalue weighted by molar-refractivity contribution is 0.168. The molecule has 0 aromatic carbocycles. The Labute approximate surface area is 86.3 Å². The molecule has 0 saturated carbocycles. The Morgan fingerprint density at radius 1 is 1.33 bits per heavy atom. The van der Waals surface area contributed by atoms with Crippen molar-refractivity contribution in [3.8, 4) is 0 Å². The molecular weight excluding hydrogens is 199 g/mol. The van der Waals surface area contributed by atoms with E-state index in [4.69, 9.17) is 5.11 Å². The van der Waals surface area contributed by atoms with Crippen molar-refractivity contribution in [3.63, 3.8) is 0 Å². The zero-order chi connectivity index (χ0) is 7.56. The molecule has 2 atom stereocenters. The van der Waals surface area contributed by atoms with Crippen LogP contribution in [0.5, 0.6) is 0 Å². The fourth-order valence-electron chi connectivity index (χ4n) is 1.51. The minimum Gasteiger partial charge on any atom is -0.396 e. The van der Waals surface area contributed by atoms with Crippen molar-refractivity contribution in [3.05, 3.63) is 0 Å². The number of hydrogen-bond donors (Lipinski definition) is 2. The van der Waals surface area contributed by atoms with Gasteiger partial charge in [0.05, 0.1) is 0 Å². The van der Waals surface area contributed by atoms with Crippen LogP contribution in [0.4, 0.5) is 0 Å². The van der Waals surface area contributed by atoms with E-state index in [9.17, 15) is 0 Å². The van der Waals surface area contributed by atoms with Crippen LogP contribution in [-0.4, -0.2) is 49.8 Å². The molecule has 1 rings (SSSR count). The second-order valence-corrected chi connectivity index (χ2v) is 3.13. The monoisotopic (exact) mass is 216 g/mol. The number of aliphatic hydroxyl groups is 1. The predicted octanol–water partition coefficient (Wildman–Crippen LogP) is -0.0281. The summed E-state index contributed by atoms with van der Waals surface area (Å²) in [5.41, 5.74) is 0. The number of nitrogens with zero attached hydrogens (tertiary/aromatic N) is 1. The molecule has 5 heteroatoms. The van der Waals surface area contributed by atoms with E-state index in [2.05, 4.69) is 24.3 Å². The Morgan fingerprint density at radius 3 is 2.25 bits per heavy atom. The molecule has 76 valence electrons. The molecule has 0 radical (unpaired) electrons. The zero-order valence-corrected chi connectivity index (χ0v) is 9.12. The molecule has 3 nitrogen and oxygen atoms in total. The second kappa shape index (κ2) is 6.92. The maximum atomic E-state index is 8.92. The molecule has 1 fully saturated rings. The van der Waals surface area contributed by atoms with Gasteiger partial charge in [-0.3, -0.25) is 0 Å². The minimum absolute atomic E-state index is 0. The van der Waals surface area contributed by atoms with Gasteiger partial charge in [-0.2, -0.15) is 0 Å². The average molecular weight is 217 g/mol. The molecule has 0 spiro atoms. The number of likely N-dealkylation sites (N-methyl/N-ethyl adjacent to an activating group) is 1. The third-order valence-electron chi connectivity index (χ3n) is 2.20. The van der Waals surface area contributed by atoms with Crippen molar-refractivity contribution in [2.45, 2.75) is 6.04 Å². The van der Waals surface area contributed by atoms with Gasteiger partial charge in [0.2, 0.25) is 0 Å². The van der Waals surface area contributed by atoms with Gasteiger partial charge >= 0.3 is 0 Å². The summed E-state index contributed by atoms with van der Waals surface area (Å²) < 4.78 is 0. The quantitative estimate of drug-likeness (QED) is 0.682. The number of rotatable bonds is 2. The van der Waals surface area contributed by atoms with E-state index >= 15 is 0 Å². The summed E-state index contributed by atoms with van der Waals surface area (Å²) in [6.45, 7) is 2.27. The fourth-order valence-corrected chi connectivity index (χ4v) is 1.51. The molecule has 0 unspecified atom stereocenters. The molecule has 0 amide bonds. The van der Waals surface area contributed by atoms with Crippen molar-refractivity contribution in [1.29, 1.82) is 0 Å². The highest BCUT2D eigenvalue weighted by Crippen LogP contribution is 2.11. The van der Waals surface area contributed by atoms with Crippen LogP contribution in [0.15, 0.2) is 0 Å². The summed E-state index contributed by atoms with van der Waals surface area (Å²) in [6.07, 6.45) is 0. The van der Waals surface area contributed by atoms with Crippen molar-refractivity contribution >= 4 is 24.8 Å². The van der Waals surface area contributed by atoms with E-state index < -0.39 is 0 Å². The first kappa shape index (κ1) is 15.0. The van der Waals surface area contributed by atoms with E-state index in [0.29, 0.717) is 18.6 Å². The summed E-state index contributed by atoms with van der Waals surface area (Å²) in [5, 5.41) is 12.2. The molecule has 12 heavy (non-hydrogen) atoms. The topological polar surface area (TPSA) is 35.5 Å². The van der Waals surface area contributed by atoms with E-state index in [-0.39, 0.29) is 24.8 Å². The van der Waals surface area contributed by atoms with Gasteiger partial charge in [-0.05, 0) is 14.1 Å². The van der Waals surface area contributed by atoms with Gasteiger partial charge in [0.15, 0.2) is 0 Å². The van der Waals surface area contributed by atoms with E-state index in [0.717, 1.165) is 13.1 Å². The van der Waals surface area contributed by atoms with Crippen LogP contribution in [0.2, 0.25) is 0 Å². The van der Waals surface area contributed by atoms with Gasteiger partial charge in [-0.25, -0.2) is 0 Å². The van der Waals surface area contributed by atoms with E-state index in [1.807, 2.05) is 0 Å². The van der Waals surface area contributed by atoms with Gasteiger partial charge in [0, 0.05) is 31.7 Å². The van der Waals surface area contributed by atoms with Crippen LogP contribution in [0.1, 0.15) is 0 Å². The summed E-state index contributed by atoms with van der Waals surface area (Å²) in [5.74, 6) is 0.426. The van der Waals surface area contributed by atoms with Gasteiger partial charge in [-0.1, -0.05) is 0 Å². The molecule has 1 saturated heterocycles. The first-order chi connectivity index (χ1) is 4.75. The van der Waals surface area contributed by atoms with Crippen LogP contribution in [0.3, 0.4) is 0 Å². The van der Waals surface area contributed by atoms with Crippen molar-refractivity contribution in [1.82, 2.24) is 10.2 Å². The highest BCUT2D eigenvalue weighted by molar-refractivity contribution is 5.85. The van der Waals surface area contributed by atoms with Gasteiger partial charge < -0.3 is 15.3 Å². The highest BCUT2D eigenvalue weighted by atomic mass is 35.5. The molecule has 0 aromatic rings. The smallest absolute Gasteiger partial charge is 0.0486 e. The number of halogens is 2. The van der Waals surface area contributed by atoms with Crippen LogP contribution in [0.25, 0.3) is 0 Å². The maximum absolute atomic E-state index is 8.92. The van der Waals surface area contributed by atoms with Crippen molar-refractivity contribution in [2.24, 2.45) is 5.92 Å².